The van der Waals surface area contributed by atoms with Crippen molar-refractivity contribution in [2.45, 2.75) is 135 Å². The maximum atomic E-state index is 10.7. The Morgan fingerprint density at radius 3 is 2.55 bits per heavy atom. The molecule has 3 aliphatic carbocycles. The van der Waals surface area contributed by atoms with Gasteiger partial charge in [0, 0.05) is 5.54 Å². The van der Waals surface area contributed by atoms with Crippen LogP contribution in [0.1, 0.15) is 118 Å². The zero-order valence-corrected chi connectivity index (χ0v) is 21.1. The van der Waals surface area contributed by atoms with Gasteiger partial charge in [0.2, 0.25) is 0 Å². The molecule has 0 heterocycles. The van der Waals surface area contributed by atoms with Gasteiger partial charge in [0.25, 0.3) is 0 Å². The molecule has 3 rings (SSSR count). The normalized spacial score (nSPS) is 41.0. The van der Waals surface area contributed by atoms with Crippen LogP contribution in [0.3, 0.4) is 0 Å². The maximum Gasteiger partial charge on any atom is 0.0657 e. The molecule has 0 saturated heterocycles. The lowest BCUT2D eigenvalue weighted by Crippen LogP contribution is -2.63. The van der Waals surface area contributed by atoms with Crippen LogP contribution in [-0.4, -0.2) is 27.5 Å². The quantitative estimate of drug-likeness (QED) is 0.370. The van der Waals surface area contributed by atoms with E-state index in [-0.39, 0.29) is 17.1 Å². The fourth-order valence-electron chi connectivity index (χ4n) is 7.69. The monoisotopic (exact) mass is 433 g/mol. The first-order valence-corrected chi connectivity index (χ1v) is 13.4. The van der Waals surface area contributed by atoms with E-state index >= 15 is 0 Å². The topological polar surface area (TPSA) is 66.5 Å². The molecule has 0 amide bonds. The molecule has 180 valence electrons. The van der Waals surface area contributed by atoms with Gasteiger partial charge in [0.15, 0.2) is 0 Å². The van der Waals surface area contributed by atoms with Crippen LogP contribution in [0.15, 0.2) is 11.6 Å². The van der Waals surface area contributed by atoms with E-state index in [4.69, 9.17) is 5.73 Å². The Labute approximate surface area is 192 Å². The third-order valence-corrected chi connectivity index (χ3v) is 9.91. The lowest BCUT2D eigenvalue weighted by molar-refractivity contribution is -0.0437. The van der Waals surface area contributed by atoms with Crippen molar-refractivity contribution in [3.05, 3.63) is 11.6 Å². The molecule has 0 radical (unpaired) electrons. The molecule has 0 aromatic carbocycles. The fourth-order valence-corrected chi connectivity index (χ4v) is 7.69. The molecule has 3 heteroatoms. The van der Waals surface area contributed by atoms with Gasteiger partial charge in [-0.3, -0.25) is 0 Å². The molecule has 2 saturated carbocycles. The van der Waals surface area contributed by atoms with Crippen LogP contribution in [0.5, 0.6) is 0 Å². The van der Waals surface area contributed by atoms with Gasteiger partial charge in [-0.25, -0.2) is 0 Å². The van der Waals surface area contributed by atoms with Gasteiger partial charge in [-0.05, 0) is 101 Å². The fraction of sp³-hybridized carbons (Fsp3) is 0.929. The smallest absolute Gasteiger partial charge is 0.0657 e. The van der Waals surface area contributed by atoms with Crippen molar-refractivity contribution < 1.29 is 10.2 Å². The zero-order chi connectivity index (χ0) is 22.9. The highest BCUT2D eigenvalue weighted by Crippen LogP contribution is 2.60. The highest BCUT2D eigenvalue weighted by atomic mass is 16.3. The Hall–Kier alpha value is -0.380. The lowest BCUT2D eigenvalue weighted by Gasteiger charge is -2.60. The molecule has 8 atom stereocenters. The van der Waals surface area contributed by atoms with Crippen LogP contribution in [0.2, 0.25) is 0 Å². The third kappa shape index (κ3) is 5.41. The Morgan fingerprint density at radius 1 is 1.13 bits per heavy atom. The first-order chi connectivity index (χ1) is 14.5. The molecule has 31 heavy (non-hydrogen) atoms. The molecular formula is C28H51NO2. The summed E-state index contributed by atoms with van der Waals surface area (Å²) in [7, 11) is 0. The second-order valence-corrected chi connectivity index (χ2v) is 12.3. The average Bonchev–Trinajstić information content (AvgIpc) is 2.69. The highest BCUT2D eigenvalue weighted by molar-refractivity contribution is 5.29. The van der Waals surface area contributed by atoms with E-state index < -0.39 is 5.60 Å². The largest absolute Gasteiger partial charge is 0.393 e. The molecule has 0 aromatic rings. The minimum absolute atomic E-state index is 0.0620. The summed E-state index contributed by atoms with van der Waals surface area (Å²) in [6.07, 6.45) is 17.1. The number of aliphatic hydroxyl groups excluding tert-OH is 1. The molecular weight excluding hydrogens is 382 g/mol. The van der Waals surface area contributed by atoms with E-state index in [0.717, 1.165) is 50.4 Å². The van der Waals surface area contributed by atoms with Crippen LogP contribution in [0, 0.1) is 29.1 Å². The van der Waals surface area contributed by atoms with E-state index in [1.807, 2.05) is 13.8 Å². The van der Waals surface area contributed by atoms with Crippen LogP contribution < -0.4 is 5.73 Å². The Morgan fingerprint density at radius 2 is 1.87 bits per heavy atom. The molecule has 0 bridgehead atoms. The van der Waals surface area contributed by atoms with E-state index in [2.05, 4.69) is 26.8 Å². The van der Waals surface area contributed by atoms with Gasteiger partial charge >= 0.3 is 0 Å². The third-order valence-electron chi connectivity index (χ3n) is 9.91. The van der Waals surface area contributed by atoms with Gasteiger partial charge < -0.3 is 15.9 Å². The van der Waals surface area contributed by atoms with Gasteiger partial charge in [0.1, 0.15) is 0 Å². The average molecular weight is 434 g/mol. The molecule has 0 aliphatic heterocycles. The summed E-state index contributed by atoms with van der Waals surface area (Å²) in [5.74, 6) is 2.70. The minimum Gasteiger partial charge on any atom is -0.393 e. The van der Waals surface area contributed by atoms with Crippen molar-refractivity contribution in [2.75, 3.05) is 0 Å². The van der Waals surface area contributed by atoms with Crippen molar-refractivity contribution in [1.29, 1.82) is 0 Å². The summed E-state index contributed by atoms with van der Waals surface area (Å²) < 4.78 is 0. The Kier molecular flexibility index (Phi) is 8.03. The molecule has 3 nitrogen and oxygen atoms in total. The van der Waals surface area contributed by atoms with Crippen molar-refractivity contribution in [3.8, 4) is 0 Å². The molecule has 3 aliphatic rings. The van der Waals surface area contributed by atoms with Gasteiger partial charge in [0.05, 0.1) is 11.7 Å². The summed E-state index contributed by atoms with van der Waals surface area (Å²) in [6.45, 7) is 11.1. The molecule has 4 N–H and O–H groups in total. The summed E-state index contributed by atoms with van der Waals surface area (Å²) >= 11 is 0. The van der Waals surface area contributed by atoms with E-state index in [9.17, 15) is 10.2 Å². The molecule has 0 aromatic heterocycles. The second kappa shape index (κ2) is 9.85. The van der Waals surface area contributed by atoms with Crippen LogP contribution in [0.4, 0.5) is 0 Å². The van der Waals surface area contributed by atoms with Crippen molar-refractivity contribution >= 4 is 0 Å². The minimum atomic E-state index is -0.535. The summed E-state index contributed by atoms with van der Waals surface area (Å²) in [6, 6.07) is 0. The SMILES string of the molecule is CC[C@H](CC[C@@H]1CCC[C@H]2C1(N)CC=C1C[C@@](C)(O)CC[C@@]12C)[C@H](C)CCCC(C)O. The molecule has 2 fully saturated rings. The number of rotatable bonds is 9. The van der Waals surface area contributed by atoms with Gasteiger partial charge in [-0.15, -0.1) is 0 Å². The Balaban J connectivity index is 1.66. The van der Waals surface area contributed by atoms with Crippen LogP contribution in [-0.2, 0) is 0 Å². The van der Waals surface area contributed by atoms with Crippen molar-refractivity contribution in [2.24, 2.45) is 34.8 Å². The maximum absolute atomic E-state index is 10.7. The lowest BCUT2D eigenvalue weighted by atomic mass is 9.47. The second-order valence-electron chi connectivity index (χ2n) is 12.3. The first kappa shape index (κ1) is 25.2. The molecule has 2 unspecified atom stereocenters. The van der Waals surface area contributed by atoms with E-state index in [0.29, 0.717) is 11.8 Å². The zero-order valence-electron chi connectivity index (χ0n) is 21.1. The first-order valence-electron chi connectivity index (χ1n) is 13.4. The molecule has 0 spiro atoms. The van der Waals surface area contributed by atoms with Crippen LogP contribution in [0.25, 0.3) is 0 Å². The van der Waals surface area contributed by atoms with Crippen LogP contribution >= 0.6 is 0 Å². The van der Waals surface area contributed by atoms with Gasteiger partial charge in [-0.2, -0.15) is 0 Å². The number of nitrogens with two attached hydrogens (primary N) is 1. The van der Waals surface area contributed by atoms with Gasteiger partial charge in [-0.1, -0.05) is 58.1 Å². The highest BCUT2D eigenvalue weighted by Gasteiger charge is 2.56. The Bertz CT molecular complexity index is 627. The predicted octanol–water partition coefficient (Wildman–Crippen LogP) is 6.37. The number of hydrogen-bond acceptors (Lipinski definition) is 3. The summed E-state index contributed by atoms with van der Waals surface area (Å²) in [4.78, 5) is 0. The van der Waals surface area contributed by atoms with E-state index in [1.54, 1.807) is 0 Å². The standard InChI is InChI=1S/C28H51NO2/c1-6-22(20(2)9-7-10-21(3)30)13-14-23-11-8-12-25-27(5)18-17-26(4,31)19-24(27)15-16-28(23,25)29/h15,20-23,25,30-31H,6-14,16-19,29H2,1-5H3/t20-,21?,22-,23+,25-,26+,27+,28?/m1/s1. The predicted molar refractivity (Wildman–Crippen MR) is 131 cm³/mol. The summed E-state index contributed by atoms with van der Waals surface area (Å²) in [5, 5.41) is 20.2. The number of hydrogen-bond donors (Lipinski definition) is 3. The van der Waals surface area contributed by atoms with E-state index in [1.165, 1.54) is 50.5 Å². The number of fused-ring (bicyclic) bond motifs is 3. The summed E-state index contributed by atoms with van der Waals surface area (Å²) in [5.41, 5.74) is 8.43. The van der Waals surface area contributed by atoms with Crippen molar-refractivity contribution in [1.82, 2.24) is 0 Å². The number of aliphatic hydroxyl groups is 2. The van der Waals surface area contributed by atoms with Crippen molar-refractivity contribution in [3.63, 3.8) is 0 Å².